The average molecular weight is 335 g/mol. The van der Waals surface area contributed by atoms with Crippen molar-refractivity contribution in [2.24, 2.45) is 5.92 Å². The van der Waals surface area contributed by atoms with Crippen molar-refractivity contribution in [3.63, 3.8) is 0 Å². The summed E-state index contributed by atoms with van der Waals surface area (Å²) in [6, 6.07) is 6.79. The zero-order valence-electron chi connectivity index (χ0n) is 13.2. The van der Waals surface area contributed by atoms with Crippen LogP contribution >= 0.6 is 11.6 Å². The second-order valence-electron chi connectivity index (χ2n) is 6.00. The molecule has 1 fully saturated rings. The zero-order chi connectivity index (χ0) is 16.6. The number of halogens is 1. The van der Waals surface area contributed by atoms with E-state index in [9.17, 15) is 9.59 Å². The van der Waals surface area contributed by atoms with E-state index in [4.69, 9.17) is 16.3 Å². The summed E-state index contributed by atoms with van der Waals surface area (Å²) in [6.07, 6.45) is 2.13. The molecular formula is C17H19ClN2O3. The molecule has 3 rings (SSSR count). The Morgan fingerprint density at radius 3 is 2.48 bits per heavy atom. The van der Waals surface area contributed by atoms with E-state index >= 15 is 0 Å². The van der Waals surface area contributed by atoms with Crippen molar-refractivity contribution in [3.8, 4) is 5.75 Å². The minimum atomic E-state index is -0.463. The molecule has 1 atom stereocenters. The normalized spacial score (nSPS) is 22.1. The van der Waals surface area contributed by atoms with Crippen molar-refractivity contribution in [3.05, 3.63) is 35.0 Å². The van der Waals surface area contributed by atoms with E-state index in [1.54, 1.807) is 31.4 Å². The van der Waals surface area contributed by atoms with E-state index in [2.05, 4.69) is 6.92 Å². The Labute approximate surface area is 140 Å². The average Bonchev–Trinajstić information content (AvgIpc) is 2.77. The number of methoxy groups -OCH3 is 1. The Hall–Kier alpha value is -2.01. The van der Waals surface area contributed by atoms with Gasteiger partial charge >= 0.3 is 0 Å². The summed E-state index contributed by atoms with van der Waals surface area (Å²) in [4.78, 5) is 28.3. The van der Waals surface area contributed by atoms with Crippen molar-refractivity contribution in [1.29, 1.82) is 0 Å². The maximum absolute atomic E-state index is 12.8. The lowest BCUT2D eigenvalue weighted by Crippen LogP contribution is -2.39. The van der Waals surface area contributed by atoms with E-state index in [0.29, 0.717) is 23.1 Å². The van der Waals surface area contributed by atoms with E-state index in [-0.39, 0.29) is 10.9 Å². The first-order valence-electron chi connectivity index (χ1n) is 7.70. The summed E-state index contributed by atoms with van der Waals surface area (Å²) in [6.45, 7) is 3.65. The van der Waals surface area contributed by atoms with Crippen molar-refractivity contribution < 1.29 is 14.3 Å². The summed E-state index contributed by atoms with van der Waals surface area (Å²) in [5.41, 5.74) is 0.832. The van der Waals surface area contributed by atoms with Gasteiger partial charge < -0.3 is 9.64 Å². The van der Waals surface area contributed by atoms with Crippen LogP contribution in [0.1, 0.15) is 19.8 Å². The number of hydrogen-bond acceptors (Lipinski definition) is 4. The third-order valence-corrected chi connectivity index (χ3v) is 4.65. The van der Waals surface area contributed by atoms with Gasteiger partial charge in [0.25, 0.3) is 11.8 Å². The molecule has 5 nitrogen and oxygen atoms in total. The Bertz CT molecular complexity index is 669. The zero-order valence-corrected chi connectivity index (χ0v) is 14.0. The molecule has 122 valence electrons. The summed E-state index contributed by atoms with van der Waals surface area (Å²) < 4.78 is 5.10. The molecule has 23 heavy (non-hydrogen) atoms. The highest BCUT2D eigenvalue weighted by Crippen LogP contribution is 2.33. The quantitative estimate of drug-likeness (QED) is 0.798. The first-order chi connectivity index (χ1) is 11.0. The molecule has 0 N–H and O–H groups in total. The van der Waals surface area contributed by atoms with Crippen LogP contribution in [0.25, 0.3) is 0 Å². The fourth-order valence-corrected chi connectivity index (χ4v) is 3.41. The van der Waals surface area contributed by atoms with Crippen LogP contribution in [0.2, 0.25) is 0 Å². The number of ether oxygens (including phenoxy) is 1. The van der Waals surface area contributed by atoms with Gasteiger partial charge in [-0.05, 0) is 43.0 Å². The van der Waals surface area contributed by atoms with E-state index in [1.165, 1.54) is 0 Å². The van der Waals surface area contributed by atoms with Crippen LogP contribution in [-0.4, -0.2) is 36.9 Å². The van der Waals surface area contributed by atoms with Gasteiger partial charge in [-0.3, -0.25) is 9.59 Å². The van der Waals surface area contributed by atoms with Crippen LogP contribution in [0.15, 0.2) is 35.0 Å². The predicted molar refractivity (Wildman–Crippen MR) is 88.3 cm³/mol. The molecule has 6 heteroatoms. The second-order valence-corrected chi connectivity index (χ2v) is 6.38. The number of carbonyl (C=O) groups is 2. The van der Waals surface area contributed by atoms with Gasteiger partial charge in [-0.15, -0.1) is 0 Å². The first kappa shape index (κ1) is 15.9. The fraction of sp³-hybridized carbons (Fsp3) is 0.412. The highest BCUT2D eigenvalue weighted by Gasteiger charge is 2.41. The van der Waals surface area contributed by atoms with E-state index < -0.39 is 5.91 Å². The largest absolute Gasteiger partial charge is 0.497 e. The number of amides is 2. The van der Waals surface area contributed by atoms with E-state index in [0.717, 1.165) is 30.8 Å². The summed E-state index contributed by atoms with van der Waals surface area (Å²) in [5, 5.41) is 0.0138. The van der Waals surface area contributed by atoms with Gasteiger partial charge in [-0.25, -0.2) is 4.90 Å². The van der Waals surface area contributed by atoms with Crippen molar-refractivity contribution in [2.45, 2.75) is 19.8 Å². The first-order valence-corrected chi connectivity index (χ1v) is 8.08. The van der Waals surface area contributed by atoms with Crippen LogP contribution < -0.4 is 9.64 Å². The number of nitrogens with zero attached hydrogens (tertiary/aromatic N) is 2. The molecular weight excluding hydrogens is 316 g/mol. The summed E-state index contributed by atoms with van der Waals surface area (Å²) in [5.74, 6) is 0.338. The van der Waals surface area contributed by atoms with Crippen LogP contribution in [0, 0.1) is 5.92 Å². The monoisotopic (exact) mass is 334 g/mol. The highest BCUT2D eigenvalue weighted by atomic mass is 35.5. The third-order valence-electron chi connectivity index (χ3n) is 4.31. The van der Waals surface area contributed by atoms with Crippen LogP contribution in [0.4, 0.5) is 5.69 Å². The standard InChI is InChI=1S/C17H19ClN2O3/c1-11-4-3-9-19(10-11)15-14(18)16(21)20(17(15)22)12-5-7-13(23-2)8-6-12/h5-8,11H,3-4,9-10H2,1-2H3/t11-/m1/s1. The maximum Gasteiger partial charge on any atom is 0.283 e. The lowest BCUT2D eigenvalue weighted by atomic mass is 10.00. The summed E-state index contributed by atoms with van der Waals surface area (Å²) in [7, 11) is 1.56. The molecule has 0 bridgehead atoms. The number of anilines is 1. The van der Waals surface area contributed by atoms with Crippen LogP contribution in [-0.2, 0) is 9.59 Å². The number of benzene rings is 1. The van der Waals surface area contributed by atoms with E-state index in [1.807, 2.05) is 4.90 Å². The van der Waals surface area contributed by atoms with Crippen molar-refractivity contribution >= 4 is 29.1 Å². The van der Waals surface area contributed by atoms with Gasteiger partial charge in [-0.1, -0.05) is 18.5 Å². The van der Waals surface area contributed by atoms with Gasteiger partial charge in [0.1, 0.15) is 16.5 Å². The molecule has 0 saturated carbocycles. The Morgan fingerprint density at radius 2 is 1.87 bits per heavy atom. The molecule has 0 radical (unpaired) electrons. The SMILES string of the molecule is COc1ccc(N2C(=O)C(Cl)=C(N3CCC[C@@H](C)C3)C2=O)cc1. The number of likely N-dealkylation sites (tertiary alicyclic amines) is 1. The molecule has 1 aromatic rings. The smallest absolute Gasteiger partial charge is 0.283 e. The minimum absolute atomic E-state index is 0.0138. The third kappa shape index (κ3) is 2.81. The molecule has 0 aliphatic carbocycles. The van der Waals surface area contributed by atoms with Crippen LogP contribution in [0.3, 0.4) is 0 Å². The lowest BCUT2D eigenvalue weighted by Gasteiger charge is -2.33. The lowest BCUT2D eigenvalue weighted by molar-refractivity contribution is -0.121. The van der Waals surface area contributed by atoms with Gasteiger partial charge in [0.2, 0.25) is 0 Å². The van der Waals surface area contributed by atoms with Gasteiger partial charge in [0.15, 0.2) is 0 Å². The predicted octanol–water partition coefficient (Wildman–Crippen LogP) is 2.75. The molecule has 2 heterocycles. The molecule has 2 aliphatic heterocycles. The van der Waals surface area contributed by atoms with Crippen molar-refractivity contribution in [1.82, 2.24) is 4.90 Å². The second kappa shape index (κ2) is 6.24. The topological polar surface area (TPSA) is 49.9 Å². The van der Waals surface area contributed by atoms with Crippen molar-refractivity contribution in [2.75, 3.05) is 25.1 Å². The number of hydrogen-bond donors (Lipinski definition) is 0. The number of carbonyl (C=O) groups excluding carboxylic acids is 2. The summed E-state index contributed by atoms with van der Waals surface area (Å²) >= 11 is 6.21. The molecule has 2 aliphatic rings. The number of rotatable bonds is 3. The molecule has 1 aromatic carbocycles. The molecule has 0 unspecified atom stereocenters. The number of piperidine rings is 1. The molecule has 1 saturated heterocycles. The van der Waals surface area contributed by atoms with Gasteiger partial charge in [-0.2, -0.15) is 0 Å². The Balaban J connectivity index is 1.88. The van der Waals surface area contributed by atoms with Gasteiger partial charge in [0.05, 0.1) is 12.8 Å². The van der Waals surface area contributed by atoms with Gasteiger partial charge in [0, 0.05) is 13.1 Å². The Morgan fingerprint density at radius 1 is 1.17 bits per heavy atom. The molecule has 0 aromatic heterocycles. The Kier molecular flexibility index (Phi) is 4.31. The highest BCUT2D eigenvalue weighted by molar-refractivity contribution is 6.52. The molecule has 2 amide bonds. The fourth-order valence-electron chi connectivity index (χ4n) is 3.12. The van der Waals surface area contributed by atoms with Crippen LogP contribution in [0.5, 0.6) is 5.75 Å². The maximum atomic E-state index is 12.8. The number of imide groups is 1. The minimum Gasteiger partial charge on any atom is -0.497 e. The molecule has 0 spiro atoms.